The summed E-state index contributed by atoms with van der Waals surface area (Å²) in [6.07, 6.45) is 11.1. The molecule has 36 heavy (non-hydrogen) atoms. The van der Waals surface area contributed by atoms with E-state index >= 15 is 0 Å². The van der Waals surface area contributed by atoms with E-state index < -0.39 is 12.0 Å². The lowest BCUT2D eigenvalue weighted by Crippen LogP contribution is -2.54. The Morgan fingerprint density at radius 1 is 0.917 bits per heavy atom. The first kappa shape index (κ1) is 24.0. The molecule has 0 bridgehead atoms. The molecule has 0 spiro atoms. The Hall–Kier alpha value is -2.41. The van der Waals surface area contributed by atoms with Gasteiger partial charge in [0.15, 0.2) is 0 Å². The number of nitrogens with one attached hydrogen (secondary N) is 1. The molecule has 3 N–H and O–H groups in total. The van der Waals surface area contributed by atoms with Crippen LogP contribution in [0.3, 0.4) is 0 Å². The lowest BCUT2D eigenvalue weighted by Gasteiger charge is -2.34. The van der Waals surface area contributed by atoms with E-state index in [2.05, 4.69) is 23.5 Å². The number of carbonyl (C=O) groups is 3. The molecule has 2 saturated heterocycles. The van der Waals surface area contributed by atoms with Crippen LogP contribution in [0.15, 0.2) is 24.3 Å². The smallest absolute Gasteiger partial charge is 0.240 e. The van der Waals surface area contributed by atoms with Gasteiger partial charge in [-0.1, -0.05) is 43.5 Å². The molecule has 194 valence electrons. The first-order valence-corrected chi connectivity index (χ1v) is 14.3. The van der Waals surface area contributed by atoms with Crippen molar-refractivity contribution >= 4 is 17.7 Å². The first-order chi connectivity index (χ1) is 17.5. The van der Waals surface area contributed by atoms with Gasteiger partial charge in [-0.25, -0.2) is 0 Å². The fourth-order valence-corrected chi connectivity index (χ4v) is 7.46. The Labute approximate surface area is 214 Å². The average molecular weight is 493 g/mol. The molecule has 3 amide bonds. The van der Waals surface area contributed by atoms with E-state index in [0.717, 1.165) is 64.2 Å². The van der Waals surface area contributed by atoms with E-state index in [4.69, 9.17) is 5.73 Å². The number of amides is 3. The maximum absolute atomic E-state index is 13.8. The number of carbonyl (C=O) groups excluding carboxylic acids is 3. The third kappa shape index (κ3) is 4.33. The Bertz CT molecular complexity index is 1020. The summed E-state index contributed by atoms with van der Waals surface area (Å²) in [5, 5.41) is 3.34. The normalized spacial score (nSPS) is 31.0. The predicted molar refractivity (Wildman–Crippen MR) is 137 cm³/mol. The number of aryl methyl sites for hydroxylation is 1. The molecule has 2 aliphatic heterocycles. The van der Waals surface area contributed by atoms with Crippen LogP contribution in [0.4, 0.5) is 0 Å². The lowest BCUT2D eigenvalue weighted by atomic mass is 9.83. The van der Waals surface area contributed by atoms with Gasteiger partial charge in [-0.05, 0) is 68.4 Å². The quantitative estimate of drug-likeness (QED) is 0.661. The van der Waals surface area contributed by atoms with Crippen LogP contribution in [0.5, 0.6) is 0 Å². The number of fused-ring (bicyclic) bond motifs is 2. The predicted octanol–water partition coefficient (Wildman–Crippen LogP) is 2.93. The van der Waals surface area contributed by atoms with Crippen molar-refractivity contribution in [1.29, 1.82) is 0 Å². The standard InChI is InChI=1S/C29H40N4O3/c30-25(19-8-2-1-3-9-19)29(36)32-16-15-24-26(32)22(17-33(24)28(35)20-13-14-20)27(34)31-23-12-6-10-18-7-4-5-11-21(18)23/h4-5,7,11,19-20,22-26H,1-3,6,8-10,12-17,30H2,(H,31,34)/t22-,23+,24+,25-,26+/m0/s1. The van der Waals surface area contributed by atoms with Gasteiger partial charge in [0.25, 0.3) is 0 Å². The van der Waals surface area contributed by atoms with Gasteiger partial charge in [0.1, 0.15) is 0 Å². The van der Waals surface area contributed by atoms with Gasteiger partial charge in [-0.2, -0.15) is 0 Å². The highest BCUT2D eigenvalue weighted by molar-refractivity contribution is 5.88. The number of likely N-dealkylation sites (tertiary alicyclic amines) is 2. The molecule has 7 heteroatoms. The van der Waals surface area contributed by atoms with Crippen molar-refractivity contribution < 1.29 is 14.4 Å². The summed E-state index contributed by atoms with van der Waals surface area (Å²) in [4.78, 5) is 44.6. The van der Waals surface area contributed by atoms with Crippen molar-refractivity contribution in [3.05, 3.63) is 35.4 Å². The lowest BCUT2D eigenvalue weighted by molar-refractivity contribution is -0.137. The monoisotopic (exact) mass is 492 g/mol. The van der Waals surface area contributed by atoms with Crippen LogP contribution in [0.2, 0.25) is 0 Å². The number of hydrogen-bond acceptors (Lipinski definition) is 4. The third-order valence-corrected chi connectivity index (χ3v) is 9.58. The van der Waals surface area contributed by atoms with Crippen LogP contribution in [-0.4, -0.2) is 58.7 Å². The van der Waals surface area contributed by atoms with Gasteiger partial charge >= 0.3 is 0 Å². The Morgan fingerprint density at radius 2 is 1.69 bits per heavy atom. The second kappa shape index (κ2) is 9.81. The molecule has 0 radical (unpaired) electrons. The van der Waals surface area contributed by atoms with E-state index in [-0.39, 0.29) is 47.7 Å². The van der Waals surface area contributed by atoms with Gasteiger partial charge in [0.05, 0.1) is 30.1 Å². The number of hydrogen-bond donors (Lipinski definition) is 2. The zero-order chi connectivity index (χ0) is 24.8. The summed E-state index contributed by atoms with van der Waals surface area (Å²) in [6.45, 7) is 0.992. The van der Waals surface area contributed by atoms with E-state index in [1.165, 1.54) is 17.5 Å². The van der Waals surface area contributed by atoms with E-state index in [0.29, 0.717) is 13.1 Å². The van der Waals surface area contributed by atoms with E-state index in [1.807, 2.05) is 15.9 Å². The van der Waals surface area contributed by atoms with Crippen molar-refractivity contribution in [2.45, 2.75) is 94.8 Å². The Kier molecular flexibility index (Phi) is 6.53. The molecule has 7 nitrogen and oxygen atoms in total. The first-order valence-electron chi connectivity index (χ1n) is 14.3. The number of nitrogens with zero attached hydrogens (tertiary/aromatic N) is 2. The van der Waals surface area contributed by atoms with Crippen LogP contribution in [0, 0.1) is 17.8 Å². The van der Waals surface area contributed by atoms with Gasteiger partial charge in [0, 0.05) is 19.0 Å². The Morgan fingerprint density at radius 3 is 2.47 bits per heavy atom. The molecule has 0 aromatic heterocycles. The number of benzene rings is 1. The van der Waals surface area contributed by atoms with Crippen molar-refractivity contribution in [2.24, 2.45) is 23.5 Å². The minimum Gasteiger partial charge on any atom is -0.349 e. The van der Waals surface area contributed by atoms with Gasteiger partial charge in [-0.15, -0.1) is 0 Å². The molecule has 1 aromatic rings. The second-order valence-electron chi connectivity index (χ2n) is 11.8. The van der Waals surface area contributed by atoms with Crippen molar-refractivity contribution in [2.75, 3.05) is 13.1 Å². The van der Waals surface area contributed by atoms with Gasteiger partial charge in [-0.3, -0.25) is 14.4 Å². The average Bonchev–Trinajstić information content (AvgIpc) is 3.57. The molecule has 1 aromatic carbocycles. The zero-order valence-electron chi connectivity index (χ0n) is 21.2. The SMILES string of the molecule is N[C@H](C(=O)N1CC[C@@H]2[C@H]1[C@@H](C(=O)N[C@@H]1CCCc3ccccc31)CN2C(=O)C1CC1)C1CCCCC1. The maximum Gasteiger partial charge on any atom is 0.240 e. The van der Waals surface area contributed by atoms with Crippen LogP contribution in [-0.2, 0) is 20.8 Å². The van der Waals surface area contributed by atoms with Crippen LogP contribution >= 0.6 is 0 Å². The zero-order valence-corrected chi connectivity index (χ0v) is 21.2. The maximum atomic E-state index is 13.8. The minimum absolute atomic E-state index is 0.0101. The fraction of sp³-hybridized carbons (Fsp3) is 0.690. The summed E-state index contributed by atoms with van der Waals surface area (Å²) >= 11 is 0. The van der Waals surface area contributed by atoms with Crippen molar-refractivity contribution in [1.82, 2.24) is 15.1 Å². The highest BCUT2D eigenvalue weighted by atomic mass is 16.2. The van der Waals surface area contributed by atoms with E-state index in [9.17, 15) is 14.4 Å². The molecule has 0 unspecified atom stereocenters. The third-order valence-electron chi connectivity index (χ3n) is 9.58. The molecule has 2 heterocycles. The topological polar surface area (TPSA) is 95.7 Å². The van der Waals surface area contributed by atoms with Gasteiger partial charge in [0.2, 0.25) is 17.7 Å². The van der Waals surface area contributed by atoms with Crippen molar-refractivity contribution in [3.8, 4) is 0 Å². The molecule has 3 aliphatic carbocycles. The second-order valence-corrected chi connectivity index (χ2v) is 11.8. The molecule has 5 atom stereocenters. The van der Waals surface area contributed by atoms with Gasteiger partial charge < -0.3 is 20.9 Å². The van der Waals surface area contributed by atoms with E-state index in [1.54, 1.807) is 0 Å². The summed E-state index contributed by atoms with van der Waals surface area (Å²) in [6, 6.07) is 7.51. The number of nitrogens with two attached hydrogens (primary N) is 1. The molecule has 4 fully saturated rings. The highest BCUT2D eigenvalue weighted by Crippen LogP contribution is 2.41. The number of rotatable bonds is 5. The van der Waals surface area contributed by atoms with Crippen LogP contribution in [0.25, 0.3) is 0 Å². The van der Waals surface area contributed by atoms with Crippen molar-refractivity contribution in [3.63, 3.8) is 0 Å². The summed E-state index contributed by atoms with van der Waals surface area (Å²) in [5.41, 5.74) is 9.07. The summed E-state index contributed by atoms with van der Waals surface area (Å²) < 4.78 is 0. The minimum atomic E-state index is -0.508. The highest BCUT2D eigenvalue weighted by Gasteiger charge is 2.56. The molecular weight excluding hydrogens is 452 g/mol. The molecule has 5 aliphatic rings. The molecular formula is C29H40N4O3. The van der Waals surface area contributed by atoms with Crippen LogP contribution < -0.4 is 11.1 Å². The van der Waals surface area contributed by atoms with Crippen LogP contribution in [0.1, 0.15) is 81.4 Å². The molecule has 2 saturated carbocycles. The summed E-state index contributed by atoms with van der Waals surface area (Å²) in [5.74, 6) is 0.0551. The Balaban J connectivity index is 1.23. The molecule has 6 rings (SSSR count). The largest absolute Gasteiger partial charge is 0.349 e. The fourth-order valence-electron chi connectivity index (χ4n) is 7.46. The summed E-state index contributed by atoms with van der Waals surface area (Å²) in [7, 11) is 0.